The number of carbonyl (C=O) groups excluding carboxylic acids is 1. The number of carbonyl (C=O) groups is 1. The highest BCUT2D eigenvalue weighted by molar-refractivity contribution is 6.08. The summed E-state index contributed by atoms with van der Waals surface area (Å²) >= 11 is 0. The van der Waals surface area contributed by atoms with Crippen LogP contribution in [0.5, 0.6) is 0 Å². The zero-order valence-corrected chi connectivity index (χ0v) is 12.7. The molecule has 0 saturated carbocycles. The third-order valence-electron chi connectivity index (χ3n) is 3.80. The maximum Gasteiger partial charge on any atom is 0.187 e. The minimum absolute atomic E-state index is 0.0870. The molecule has 1 aliphatic heterocycles. The third kappa shape index (κ3) is 2.93. The van der Waals surface area contributed by atoms with E-state index in [9.17, 15) is 9.18 Å². The number of fused-ring (bicyclic) bond motifs is 1. The van der Waals surface area contributed by atoms with Crippen LogP contribution in [0.3, 0.4) is 0 Å². The van der Waals surface area contributed by atoms with Crippen LogP contribution in [0.15, 0.2) is 54.6 Å². The van der Waals surface area contributed by atoms with Crippen LogP contribution < -0.4 is 5.32 Å². The fourth-order valence-electron chi connectivity index (χ4n) is 2.84. The van der Waals surface area contributed by atoms with Crippen molar-refractivity contribution in [3.8, 4) is 0 Å². The maximum absolute atomic E-state index is 13.6. The number of halogens is 1. The Bertz CT molecular complexity index is 747. The number of hydrogen-bond acceptors (Lipinski definition) is 2. The molecule has 2 aromatic carbocycles. The number of benzene rings is 2. The zero-order valence-electron chi connectivity index (χ0n) is 12.7. The van der Waals surface area contributed by atoms with Crippen molar-refractivity contribution in [1.29, 1.82) is 0 Å². The van der Waals surface area contributed by atoms with Crippen molar-refractivity contribution in [2.75, 3.05) is 0 Å². The van der Waals surface area contributed by atoms with E-state index >= 15 is 0 Å². The second-order valence-corrected chi connectivity index (χ2v) is 6.28. The summed E-state index contributed by atoms with van der Waals surface area (Å²) in [6.45, 7) is 4.14. The summed E-state index contributed by atoms with van der Waals surface area (Å²) in [5.74, 6) is -0.380. The molecule has 0 aromatic heterocycles. The van der Waals surface area contributed by atoms with Gasteiger partial charge in [-0.15, -0.1) is 0 Å². The van der Waals surface area contributed by atoms with Crippen LogP contribution in [0.25, 0.3) is 5.70 Å². The minimum Gasteiger partial charge on any atom is -0.379 e. The molecule has 1 N–H and O–H groups in total. The largest absolute Gasteiger partial charge is 0.379 e. The molecule has 0 bridgehead atoms. The van der Waals surface area contributed by atoms with Crippen LogP contribution in [0.4, 0.5) is 4.39 Å². The van der Waals surface area contributed by atoms with E-state index in [-0.39, 0.29) is 17.1 Å². The van der Waals surface area contributed by atoms with Gasteiger partial charge in [-0.05, 0) is 38.0 Å². The van der Waals surface area contributed by atoms with Gasteiger partial charge in [0.15, 0.2) is 5.78 Å². The van der Waals surface area contributed by atoms with Crippen molar-refractivity contribution < 1.29 is 9.18 Å². The Balaban J connectivity index is 2.05. The minimum atomic E-state index is -0.293. The number of allylic oxidation sites excluding steroid dienone is 1. The molecule has 3 heteroatoms. The molecular formula is C19H18FNO. The van der Waals surface area contributed by atoms with Gasteiger partial charge < -0.3 is 5.32 Å². The van der Waals surface area contributed by atoms with Crippen LogP contribution in [0, 0.1) is 5.82 Å². The molecule has 0 atom stereocenters. The van der Waals surface area contributed by atoms with E-state index in [1.54, 1.807) is 24.3 Å². The summed E-state index contributed by atoms with van der Waals surface area (Å²) in [6, 6.07) is 13.8. The molecular weight excluding hydrogens is 277 g/mol. The normalized spacial score (nSPS) is 17.7. The first-order chi connectivity index (χ1) is 10.4. The summed E-state index contributed by atoms with van der Waals surface area (Å²) in [7, 11) is 0. The van der Waals surface area contributed by atoms with Crippen molar-refractivity contribution in [2.45, 2.75) is 25.8 Å². The molecule has 2 nitrogen and oxygen atoms in total. The lowest BCUT2D eigenvalue weighted by Gasteiger charge is -2.35. The average Bonchev–Trinajstić information content (AvgIpc) is 2.48. The summed E-state index contributed by atoms with van der Waals surface area (Å²) in [6.07, 6.45) is 2.36. The maximum atomic E-state index is 13.6. The lowest BCUT2D eigenvalue weighted by molar-refractivity contribution is 0.104. The average molecular weight is 295 g/mol. The van der Waals surface area contributed by atoms with Gasteiger partial charge >= 0.3 is 0 Å². The summed E-state index contributed by atoms with van der Waals surface area (Å²) < 4.78 is 13.6. The Labute approximate surface area is 129 Å². The van der Waals surface area contributed by atoms with Crippen molar-refractivity contribution >= 4 is 11.5 Å². The van der Waals surface area contributed by atoms with E-state index in [1.807, 2.05) is 18.2 Å². The third-order valence-corrected chi connectivity index (χ3v) is 3.80. The van der Waals surface area contributed by atoms with Crippen LogP contribution in [-0.2, 0) is 6.42 Å². The smallest absolute Gasteiger partial charge is 0.187 e. The van der Waals surface area contributed by atoms with Crippen LogP contribution in [0.2, 0.25) is 0 Å². The van der Waals surface area contributed by atoms with Crippen molar-refractivity contribution in [3.63, 3.8) is 0 Å². The van der Waals surface area contributed by atoms with Crippen molar-refractivity contribution in [1.82, 2.24) is 5.32 Å². The number of nitrogens with one attached hydrogen (secondary N) is 1. The Hall–Kier alpha value is -2.42. The molecule has 112 valence electrons. The molecule has 0 amide bonds. The monoisotopic (exact) mass is 295 g/mol. The predicted molar refractivity (Wildman–Crippen MR) is 86.1 cm³/mol. The van der Waals surface area contributed by atoms with E-state index in [2.05, 4.69) is 19.2 Å². The molecule has 0 radical (unpaired) electrons. The fourth-order valence-corrected chi connectivity index (χ4v) is 2.84. The van der Waals surface area contributed by atoms with E-state index in [1.165, 1.54) is 12.1 Å². The second kappa shape index (κ2) is 5.41. The molecule has 0 spiro atoms. The van der Waals surface area contributed by atoms with Gasteiger partial charge in [0.05, 0.1) is 0 Å². The fraction of sp³-hybridized carbons (Fsp3) is 0.211. The first-order valence-electron chi connectivity index (χ1n) is 7.33. The first-order valence-corrected chi connectivity index (χ1v) is 7.33. The molecule has 1 aliphatic rings. The van der Waals surface area contributed by atoms with Crippen molar-refractivity contribution in [2.24, 2.45) is 0 Å². The van der Waals surface area contributed by atoms with Gasteiger partial charge in [-0.25, -0.2) is 4.39 Å². The van der Waals surface area contributed by atoms with Crippen LogP contribution in [0.1, 0.15) is 35.3 Å². The van der Waals surface area contributed by atoms with Gasteiger partial charge in [-0.1, -0.05) is 36.4 Å². The van der Waals surface area contributed by atoms with Crippen LogP contribution in [-0.4, -0.2) is 11.3 Å². The SMILES string of the molecule is CC1(C)Cc2ccc(F)cc2C(=CC(=O)c2ccccc2)N1. The van der Waals surface area contributed by atoms with Gasteiger partial charge in [-0.2, -0.15) is 0 Å². The van der Waals surface area contributed by atoms with Gasteiger partial charge in [0, 0.05) is 28.4 Å². The molecule has 0 fully saturated rings. The van der Waals surface area contributed by atoms with Gasteiger partial charge in [-0.3, -0.25) is 4.79 Å². The van der Waals surface area contributed by atoms with E-state index in [0.29, 0.717) is 11.3 Å². The molecule has 22 heavy (non-hydrogen) atoms. The summed E-state index contributed by atoms with van der Waals surface area (Å²) in [5.41, 5.74) is 2.95. The Morgan fingerprint density at radius 3 is 2.64 bits per heavy atom. The van der Waals surface area contributed by atoms with Crippen molar-refractivity contribution in [3.05, 3.63) is 77.1 Å². The highest BCUT2D eigenvalue weighted by Crippen LogP contribution is 2.30. The Morgan fingerprint density at radius 1 is 1.18 bits per heavy atom. The standard InChI is InChI=1S/C19H18FNO/c1-19(2)12-14-8-9-15(20)10-16(14)17(21-19)11-18(22)13-6-4-3-5-7-13/h3-11,21H,12H2,1-2H3. The Morgan fingerprint density at radius 2 is 1.91 bits per heavy atom. The number of rotatable bonds is 2. The van der Waals surface area contributed by atoms with Gasteiger partial charge in [0.2, 0.25) is 0 Å². The quantitative estimate of drug-likeness (QED) is 0.671. The molecule has 2 aromatic rings. The lowest BCUT2D eigenvalue weighted by atomic mass is 9.85. The van der Waals surface area contributed by atoms with E-state index < -0.39 is 0 Å². The highest BCUT2D eigenvalue weighted by Gasteiger charge is 2.28. The number of ketones is 1. The van der Waals surface area contributed by atoms with Gasteiger partial charge in [0.1, 0.15) is 5.82 Å². The first kappa shape index (κ1) is 14.5. The molecule has 0 aliphatic carbocycles. The van der Waals surface area contributed by atoms with Gasteiger partial charge in [0.25, 0.3) is 0 Å². The van der Waals surface area contributed by atoms with E-state index in [4.69, 9.17) is 0 Å². The second-order valence-electron chi connectivity index (χ2n) is 6.28. The lowest BCUT2D eigenvalue weighted by Crippen LogP contribution is -2.43. The topological polar surface area (TPSA) is 29.1 Å². The Kier molecular flexibility index (Phi) is 3.57. The molecule has 3 rings (SSSR count). The summed E-state index contributed by atoms with van der Waals surface area (Å²) in [5, 5.41) is 3.35. The zero-order chi connectivity index (χ0) is 15.7. The summed E-state index contributed by atoms with van der Waals surface area (Å²) in [4.78, 5) is 12.4. The molecule has 0 saturated heterocycles. The number of hydrogen-bond donors (Lipinski definition) is 1. The van der Waals surface area contributed by atoms with Crippen LogP contribution >= 0.6 is 0 Å². The molecule has 1 heterocycles. The highest BCUT2D eigenvalue weighted by atomic mass is 19.1. The molecule has 0 unspecified atom stereocenters. The predicted octanol–water partition coefficient (Wildman–Crippen LogP) is 3.97. The van der Waals surface area contributed by atoms with E-state index in [0.717, 1.165) is 17.5 Å².